The molecule has 1 rings (SSSR count). The van der Waals surface area contributed by atoms with Gasteiger partial charge >= 0.3 is 0 Å². The second-order valence-electron chi connectivity index (χ2n) is 3.37. The number of likely N-dealkylation sites (N-methyl/N-ethyl adjacent to an activating group) is 1. The smallest absolute Gasteiger partial charge is 0.245 e. The maximum absolute atomic E-state index is 11.8. The zero-order valence-corrected chi connectivity index (χ0v) is 9.16. The van der Waals surface area contributed by atoms with E-state index in [9.17, 15) is 4.79 Å². The number of nitrogens with zero attached hydrogens (tertiary/aromatic N) is 1. The predicted molar refractivity (Wildman–Crippen MR) is 60.8 cm³/mol. The molecule has 0 unspecified atom stereocenters. The zero-order valence-electron chi connectivity index (χ0n) is 9.16. The molecule has 1 aliphatic heterocycles. The molecule has 3 N–H and O–H groups in total. The van der Waals surface area contributed by atoms with E-state index in [1.54, 1.807) is 24.1 Å². The van der Waals surface area contributed by atoms with Crippen molar-refractivity contribution in [1.82, 2.24) is 10.2 Å². The zero-order chi connectivity index (χ0) is 11.4. The molecule has 0 spiro atoms. The van der Waals surface area contributed by atoms with E-state index < -0.39 is 6.04 Å². The van der Waals surface area contributed by atoms with E-state index in [1.807, 2.05) is 13.0 Å². The number of amides is 1. The van der Waals surface area contributed by atoms with Crippen molar-refractivity contribution < 1.29 is 4.79 Å². The number of nitrogens with two attached hydrogens (primary N) is 1. The Balaban J connectivity index is 3.12. The van der Waals surface area contributed by atoms with Gasteiger partial charge in [-0.05, 0) is 13.0 Å². The molecule has 0 aromatic rings. The second kappa shape index (κ2) is 4.79. The van der Waals surface area contributed by atoms with Gasteiger partial charge in [-0.15, -0.1) is 0 Å². The summed E-state index contributed by atoms with van der Waals surface area (Å²) in [5, 5.41) is 3.13. The molecule has 1 fully saturated rings. The highest BCUT2D eigenvalue weighted by atomic mass is 16.2. The number of hydrogen-bond acceptors (Lipinski definition) is 3. The van der Waals surface area contributed by atoms with Crippen LogP contribution in [-0.2, 0) is 4.79 Å². The minimum absolute atomic E-state index is 0.0903. The van der Waals surface area contributed by atoms with Crippen molar-refractivity contribution in [2.45, 2.75) is 13.0 Å². The largest absolute Gasteiger partial charge is 0.382 e. The highest BCUT2D eigenvalue weighted by Gasteiger charge is 2.25. The van der Waals surface area contributed by atoms with Gasteiger partial charge in [-0.3, -0.25) is 4.79 Å². The first-order chi connectivity index (χ1) is 7.11. The van der Waals surface area contributed by atoms with E-state index in [2.05, 4.69) is 11.9 Å². The van der Waals surface area contributed by atoms with E-state index in [0.29, 0.717) is 6.54 Å². The summed E-state index contributed by atoms with van der Waals surface area (Å²) in [5.74, 6) is -0.0903. The second-order valence-corrected chi connectivity index (χ2v) is 3.37. The Labute approximate surface area is 90.1 Å². The van der Waals surface area contributed by atoms with E-state index in [1.165, 1.54) is 0 Å². The van der Waals surface area contributed by atoms with E-state index in [-0.39, 0.29) is 5.91 Å². The molecule has 0 bridgehead atoms. The normalized spacial score (nSPS) is 27.8. The lowest BCUT2D eigenvalue weighted by molar-refractivity contribution is -0.128. The topological polar surface area (TPSA) is 58.4 Å². The number of nitrogens with one attached hydrogen (secondary N) is 1. The van der Waals surface area contributed by atoms with E-state index >= 15 is 0 Å². The van der Waals surface area contributed by atoms with Gasteiger partial charge in [0.25, 0.3) is 0 Å². The fourth-order valence-electron chi connectivity index (χ4n) is 1.51. The van der Waals surface area contributed by atoms with Crippen molar-refractivity contribution in [1.29, 1.82) is 0 Å². The van der Waals surface area contributed by atoms with Crippen LogP contribution in [0.15, 0.2) is 36.2 Å². The molecule has 1 atom stereocenters. The molecular weight excluding hydrogens is 190 g/mol. The summed E-state index contributed by atoms with van der Waals surface area (Å²) in [6.45, 7) is 6.00. The van der Waals surface area contributed by atoms with Gasteiger partial charge in [0.05, 0.1) is 11.4 Å². The molecule has 0 aromatic carbocycles. The lowest BCUT2D eigenvalue weighted by atomic mass is 10.2. The highest BCUT2D eigenvalue weighted by molar-refractivity contribution is 5.84. The summed E-state index contributed by atoms with van der Waals surface area (Å²) in [6, 6.07) is -0.499. The number of rotatable bonds is 1. The third-order valence-corrected chi connectivity index (χ3v) is 2.36. The fourth-order valence-corrected chi connectivity index (χ4v) is 1.51. The molecule has 82 valence electrons. The molecule has 0 radical (unpaired) electrons. The molecule has 1 saturated heterocycles. The van der Waals surface area contributed by atoms with Crippen LogP contribution in [0.1, 0.15) is 6.92 Å². The lowest BCUT2D eigenvalue weighted by Crippen LogP contribution is -2.42. The Hall–Kier alpha value is -1.55. The molecule has 15 heavy (non-hydrogen) atoms. The average molecular weight is 207 g/mol. The molecule has 1 amide bonds. The monoisotopic (exact) mass is 207 g/mol. The van der Waals surface area contributed by atoms with Crippen LogP contribution in [0, 0.1) is 0 Å². The van der Waals surface area contributed by atoms with Crippen molar-refractivity contribution in [3.63, 3.8) is 0 Å². The van der Waals surface area contributed by atoms with Crippen LogP contribution < -0.4 is 11.1 Å². The lowest BCUT2D eigenvalue weighted by Gasteiger charge is -2.19. The molecule has 0 saturated carbocycles. The quantitative estimate of drug-likeness (QED) is 0.652. The standard InChI is InChI=1S/C11H17N3O/c1-4-6-10-9(5-2)13-7-8(12)11(15)14(10)3/h4-6,8,13H,1,7,12H2,2-3H3/b9-5+,10-6?/t8-/m0/s1. The van der Waals surface area contributed by atoms with Crippen LogP contribution >= 0.6 is 0 Å². The Morgan fingerprint density at radius 1 is 1.67 bits per heavy atom. The van der Waals surface area contributed by atoms with Crippen molar-refractivity contribution >= 4 is 5.91 Å². The van der Waals surface area contributed by atoms with Crippen molar-refractivity contribution in [3.8, 4) is 0 Å². The minimum Gasteiger partial charge on any atom is -0.382 e. The molecular formula is C11H17N3O. The van der Waals surface area contributed by atoms with Gasteiger partial charge in [-0.1, -0.05) is 18.7 Å². The van der Waals surface area contributed by atoms with Crippen LogP contribution in [-0.4, -0.2) is 30.4 Å². The van der Waals surface area contributed by atoms with Gasteiger partial charge in [-0.25, -0.2) is 0 Å². The van der Waals surface area contributed by atoms with Gasteiger partial charge in [0.1, 0.15) is 6.04 Å². The number of carbonyl (C=O) groups excluding carboxylic acids is 1. The third-order valence-electron chi connectivity index (χ3n) is 2.36. The maximum Gasteiger partial charge on any atom is 0.245 e. The van der Waals surface area contributed by atoms with Gasteiger partial charge in [0.2, 0.25) is 5.91 Å². The summed E-state index contributed by atoms with van der Waals surface area (Å²) in [4.78, 5) is 13.3. The van der Waals surface area contributed by atoms with Crippen LogP contribution in [0.4, 0.5) is 0 Å². The highest BCUT2D eigenvalue weighted by Crippen LogP contribution is 2.15. The number of carbonyl (C=O) groups is 1. The first-order valence-electron chi connectivity index (χ1n) is 4.88. The van der Waals surface area contributed by atoms with E-state index in [4.69, 9.17) is 5.73 Å². The first-order valence-corrected chi connectivity index (χ1v) is 4.88. The van der Waals surface area contributed by atoms with Crippen LogP contribution in [0.25, 0.3) is 0 Å². The van der Waals surface area contributed by atoms with E-state index in [0.717, 1.165) is 11.4 Å². The molecule has 0 aliphatic carbocycles. The Morgan fingerprint density at radius 2 is 2.33 bits per heavy atom. The van der Waals surface area contributed by atoms with Crippen LogP contribution in [0.3, 0.4) is 0 Å². The molecule has 4 nitrogen and oxygen atoms in total. The summed E-state index contributed by atoms with van der Waals surface area (Å²) in [5.41, 5.74) is 7.41. The molecule has 1 heterocycles. The van der Waals surface area contributed by atoms with Crippen molar-refractivity contribution in [3.05, 3.63) is 36.2 Å². The Kier molecular flexibility index (Phi) is 3.68. The fraction of sp³-hybridized carbons (Fsp3) is 0.364. The first kappa shape index (κ1) is 11.5. The maximum atomic E-state index is 11.8. The van der Waals surface area contributed by atoms with Gasteiger partial charge < -0.3 is 16.0 Å². The number of allylic oxidation sites excluding steroid dienone is 3. The van der Waals surface area contributed by atoms with Gasteiger partial charge in [-0.2, -0.15) is 0 Å². The van der Waals surface area contributed by atoms with Crippen molar-refractivity contribution in [2.75, 3.05) is 13.6 Å². The average Bonchev–Trinajstić information content (AvgIpc) is 2.33. The van der Waals surface area contributed by atoms with Crippen LogP contribution in [0.2, 0.25) is 0 Å². The summed E-state index contributed by atoms with van der Waals surface area (Å²) in [6.07, 6.45) is 5.36. The Bertz CT molecular complexity index is 331. The SMILES string of the molecule is C=CC=C1/C(=C\C)NC[C@H](N)C(=O)N1C. The summed E-state index contributed by atoms with van der Waals surface area (Å²) < 4.78 is 0. The van der Waals surface area contributed by atoms with Gasteiger partial charge in [0, 0.05) is 13.6 Å². The summed E-state index contributed by atoms with van der Waals surface area (Å²) in [7, 11) is 1.72. The Morgan fingerprint density at radius 3 is 2.87 bits per heavy atom. The number of hydrogen-bond donors (Lipinski definition) is 2. The third kappa shape index (κ3) is 2.27. The van der Waals surface area contributed by atoms with Crippen LogP contribution in [0.5, 0.6) is 0 Å². The predicted octanol–water partition coefficient (Wildman–Crippen LogP) is 0.349. The van der Waals surface area contributed by atoms with Crippen molar-refractivity contribution in [2.24, 2.45) is 5.73 Å². The summed E-state index contributed by atoms with van der Waals surface area (Å²) >= 11 is 0. The van der Waals surface area contributed by atoms with Gasteiger partial charge in [0.15, 0.2) is 0 Å². The minimum atomic E-state index is -0.499. The molecule has 1 aliphatic rings. The molecule has 0 aromatic heterocycles. The molecule has 4 heteroatoms.